The summed E-state index contributed by atoms with van der Waals surface area (Å²) in [5, 5.41) is 9.55. The summed E-state index contributed by atoms with van der Waals surface area (Å²) in [6.07, 6.45) is 11.1. The molecule has 0 aromatic heterocycles. The third-order valence-electron chi connectivity index (χ3n) is 1.92. The number of rotatable bonds is 6. The highest BCUT2D eigenvalue weighted by molar-refractivity contribution is 5.37. The van der Waals surface area contributed by atoms with Crippen molar-refractivity contribution in [3.8, 4) is 35.5 Å². The van der Waals surface area contributed by atoms with Crippen molar-refractivity contribution < 1.29 is 5.11 Å². The quantitative estimate of drug-likeness (QED) is 0.326. The zero-order chi connectivity index (χ0) is 13.5. The Morgan fingerprint density at radius 3 is 2.67 bits per heavy atom. The second kappa shape index (κ2) is 12.9. The predicted octanol–water partition coefficient (Wildman–Crippen LogP) is 2.85. The van der Waals surface area contributed by atoms with E-state index in [1.807, 2.05) is 6.08 Å². The van der Waals surface area contributed by atoms with Gasteiger partial charge in [-0.15, -0.1) is 6.58 Å². The van der Waals surface area contributed by atoms with E-state index < -0.39 is 6.10 Å². The molecule has 0 aliphatic heterocycles. The molecule has 0 aromatic rings. The van der Waals surface area contributed by atoms with E-state index >= 15 is 0 Å². The first-order valence-electron chi connectivity index (χ1n) is 5.85. The van der Waals surface area contributed by atoms with Gasteiger partial charge in [0.15, 0.2) is 0 Å². The Balaban J connectivity index is 3.89. The van der Waals surface area contributed by atoms with Crippen molar-refractivity contribution in [1.29, 1.82) is 0 Å². The molecule has 0 aliphatic rings. The maximum Gasteiger partial charge on any atom is 0.0724 e. The van der Waals surface area contributed by atoms with E-state index in [0.29, 0.717) is 0 Å². The van der Waals surface area contributed by atoms with Gasteiger partial charge in [-0.05, 0) is 55.9 Å². The van der Waals surface area contributed by atoms with Gasteiger partial charge in [0, 0.05) is 0 Å². The van der Waals surface area contributed by atoms with Gasteiger partial charge in [-0.1, -0.05) is 36.1 Å². The molecule has 0 fully saturated rings. The fraction of sp³-hybridized carbons (Fsp3) is 0.294. The van der Waals surface area contributed by atoms with Crippen LogP contribution in [0.2, 0.25) is 0 Å². The van der Waals surface area contributed by atoms with Crippen molar-refractivity contribution in [2.45, 2.75) is 32.3 Å². The SMILES string of the molecule is C=CCCC[C@@H](O)/C=C/C=C/C#CC#CC#CC. The summed E-state index contributed by atoms with van der Waals surface area (Å²) < 4.78 is 0. The molecule has 92 valence electrons. The number of unbranched alkanes of at least 4 members (excludes halogenated alkanes) is 1. The van der Waals surface area contributed by atoms with Crippen molar-refractivity contribution in [2.24, 2.45) is 0 Å². The molecule has 0 aliphatic carbocycles. The normalized spacial score (nSPS) is 10.8. The minimum absolute atomic E-state index is 0.401. The average Bonchev–Trinajstić information content (AvgIpc) is 2.37. The van der Waals surface area contributed by atoms with Gasteiger partial charge in [-0.3, -0.25) is 0 Å². The number of allylic oxidation sites excluding steroid dienone is 4. The van der Waals surface area contributed by atoms with Crippen molar-refractivity contribution in [3.05, 3.63) is 37.0 Å². The molecule has 0 amide bonds. The molecule has 1 N–H and O–H groups in total. The molecule has 0 radical (unpaired) electrons. The molecule has 0 saturated carbocycles. The summed E-state index contributed by atoms with van der Waals surface area (Å²) in [6.45, 7) is 5.36. The molecule has 1 atom stereocenters. The third kappa shape index (κ3) is 11.9. The lowest BCUT2D eigenvalue weighted by Gasteiger charge is -2.01. The lowest BCUT2D eigenvalue weighted by molar-refractivity contribution is 0.210. The van der Waals surface area contributed by atoms with Gasteiger partial charge in [0.1, 0.15) is 0 Å². The fourth-order valence-electron chi connectivity index (χ4n) is 1.07. The first-order chi connectivity index (χ1) is 8.81. The zero-order valence-corrected chi connectivity index (χ0v) is 10.7. The van der Waals surface area contributed by atoms with Crippen LogP contribution in [0.4, 0.5) is 0 Å². The van der Waals surface area contributed by atoms with Crippen LogP contribution in [0.5, 0.6) is 0 Å². The average molecular weight is 238 g/mol. The monoisotopic (exact) mass is 238 g/mol. The Morgan fingerprint density at radius 1 is 1.17 bits per heavy atom. The highest BCUT2D eigenvalue weighted by Gasteiger charge is 1.95. The number of hydrogen-bond acceptors (Lipinski definition) is 1. The van der Waals surface area contributed by atoms with E-state index in [2.05, 4.69) is 42.1 Å². The molecular formula is C17H18O. The Labute approximate surface area is 110 Å². The van der Waals surface area contributed by atoms with Crippen molar-refractivity contribution in [1.82, 2.24) is 0 Å². The number of hydrogen-bond donors (Lipinski definition) is 1. The van der Waals surface area contributed by atoms with E-state index in [1.54, 1.807) is 31.2 Å². The Kier molecular flexibility index (Phi) is 11.4. The summed E-state index contributed by atoms with van der Waals surface area (Å²) in [5.41, 5.74) is 0. The summed E-state index contributed by atoms with van der Waals surface area (Å²) >= 11 is 0. The molecule has 0 heterocycles. The highest BCUT2D eigenvalue weighted by Crippen LogP contribution is 2.02. The van der Waals surface area contributed by atoms with Gasteiger partial charge < -0.3 is 5.11 Å². The minimum atomic E-state index is -0.401. The van der Waals surface area contributed by atoms with Crippen LogP contribution >= 0.6 is 0 Å². The van der Waals surface area contributed by atoms with Crippen LogP contribution in [0.15, 0.2) is 37.0 Å². The second-order valence-electron chi connectivity index (χ2n) is 3.43. The summed E-state index contributed by atoms with van der Waals surface area (Å²) in [7, 11) is 0. The van der Waals surface area contributed by atoms with Gasteiger partial charge in [0.2, 0.25) is 0 Å². The second-order valence-corrected chi connectivity index (χ2v) is 3.43. The largest absolute Gasteiger partial charge is 0.389 e. The van der Waals surface area contributed by atoms with Gasteiger partial charge in [0.25, 0.3) is 0 Å². The van der Waals surface area contributed by atoms with Gasteiger partial charge in [0.05, 0.1) is 6.10 Å². The molecule has 0 spiro atoms. The van der Waals surface area contributed by atoms with Crippen LogP contribution in [-0.2, 0) is 0 Å². The van der Waals surface area contributed by atoms with Crippen LogP contribution in [0.1, 0.15) is 26.2 Å². The Hall–Kier alpha value is -2.14. The van der Waals surface area contributed by atoms with E-state index in [-0.39, 0.29) is 0 Å². The molecule has 18 heavy (non-hydrogen) atoms. The van der Waals surface area contributed by atoms with E-state index in [9.17, 15) is 5.11 Å². The first kappa shape index (κ1) is 15.9. The summed E-state index contributed by atoms with van der Waals surface area (Å²) in [6, 6.07) is 0. The van der Waals surface area contributed by atoms with Crippen LogP contribution in [0.25, 0.3) is 0 Å². The van der Waals surface area contributed by atoms with Gasteiger partial charge >= 0.3 is 0 Å². The Morgan fingerprint density at radius 2 is 1.94 bits per heavy atom. The topological polar surface area (TPSA) is 20.2 Å². The zero-order valence-electron chi connectivity index (χ0n) is 10.7. The fourth-order valence-corrected chi connectivity index (χ4v) is 1.07. The third-order valence-corrected chi connectivity index (χ3v) is 1.92. The molecule has 0 bridgehead atoms. The Bertz CT molecular complexity index is 461. The lowest BCUT2D eigenvalue weighted by Crippen LogP contribution is -2.00. The standard InChI is InChI=1S/C17H18O/c1-3-5-7-8-9-10-11-12-14-16-17(18)15-13-6-4-2/h4,11-12,14,16-18H,2,6,13,15H2,1H3/b12-11+,16-14+/t17-/m1/s1. The molecule has 0 saturated heterocycles. The van der Waals surface area contributed by atoms with Crippen molar-refractivity contribution in [3.63, 3.8) is 0 Å². The van der Waals surface area contributed by atoms with E-state index in [0.717, 1.165) is 19.3 Å². The molecule has 1 nitrogen and oxygen atoms in total. The molecule has 0 unspecified atom stereocenters. The maximum atomic E-state index is 9.55. The van der Waals surface area contributed by atoms with Crippen LogP contribution < -0.4 is 0 Å². The summed E-state index contributed by atoms with van der Waals surface area (Å²) in [4.78, 5) is 0. The van der Waals surface area contributed by atoms with E-state index in [1.165, 1.54) is 0 Å². The van der Waals surface area contributed by atoms with Gasteiger partial charge in [-0.25, -0.2) is 0 Å². The molecule has 0 aromatic carbocycles. The van der Waals surface area contributed by atoms with Crippen molar-refractivity contribution in [2.75, 3.05) is 0 Å². The summed E-state index contributed by atoms with van der Waals surface area (Å²) in [5.74, 6) is 15.8. The lowest BCUT2D eigenvalue weighted by atomic mass is 10.1. The molecular weight excluding hydrogens is 220 g/mol. The smallest absolute Gasteiger partial charge is 0.0724 e. The van der Waals surface area contributed by atoms with E-state index in [4.69, 9.17) is 0 Å². The van der Waals surface area contributed by atoms with Crippen LogP contribution in [-0.4, -0.2) is 11.2 Å². The maximum absolute atomic E-state index is 9.55. The van der Waals surface area contributed by atoms with Crippen LogP contribution in [0, 0.1) is 35.5 Å². The highest BCUT2D eigenvalue weighted by atomic mass is 16.3. The number of aliphatic hydroxyl groups excluding tert-OH is 1. The van der Waals surface area contributed by atoms with Gasteiger partial charge in [-0.2, -0.15) is 0 Å². The predicted molar refractivity (Wildman–Crippen MR) is 77.3 cm³/mol. The first-order valence-corrected chi connectivity index (χ1v) is 5.85. The van der Waals surface area contributed by atoms with Crippen LogP contribution in [0.3, 0.4) is 0 Å². The molecule has 1 heteroatoms. The van der Waals surface area contributed by atoms with Crippen molar-refractivity contribution >= 4 is 0 Å². The molecule has 0 rings (SSSR count). The number of aliphatic hydroxyl groups is 1. The minimum Gasteiger partial charge on any atom is -0.389 e.